The van der Waals surface area contributed by atoms with Gasteiger partial charge in [0.2, 0.25) is 35.4 Å². The van der Waals surface area contributed by atoms with E-state index in [-0.39, 0.29) is 87.2 Å². The third-order valence-electron chi connectivity index (χ3n) is 9.49. The first-order chi connectivity index (χ1) is 33.3. The van der Waals surface area contributed by atoms with E-state index in [1.54, 1.807) is 0 Å². The molecule has 0 aromatic heterocycles. The maximum Gasteiger partial charge on any atom is 0.234 e. The van der Waals surface area contributed by atoms with E-state index in [0.29, 0.717) is 164 Å². The molecule has 400 valence electrons. The van der Waals surface area contributed by atoms with Crippen molar-refractivity contribution in [1.82, 2.24) is 31.9 Å². The molecule has 0 aliphatic rings. The fraction of sp³-hybridized carbons (Fsp3) is 0.822. The van der Waals surface area contributed by atoms with Gasteiger partial charge in [-0.15, -0.1) is 0 Å². The van der Waals surface area contributed by atoms with Gasteiger partial charge in [-0.25, -0.2) is 0 Å². The van der Waals surface area contributed by atoms with Crippen LogP contribution in [0.4, 0.5) is 0 Å². The number of nitrogens with two attached hydrogens (primary N) is 2. The van der Waals surface area contributed by atoms with Gasteiger partial charge in [0.25, 0.3) is 0 Å². The first kappa shape index (κ1) is 64.8. The average Bonchev–Trinajstić information content (AvgIpc) is 3.30. The van der Waals surface area contributed by atoms with E-state index >= 15 is 0 Å². The highest BCUT2D eigenvalue weighted by atomic mass is 16.6. The molecule has 6 amide bonds. The van der Waals surface area contributed by atoms with Gasteiger partial charge in [-0.05, 0) is 58.8 Å². The smallest absolute Gasteiger partial charge is 0.234 e. The third kappa shape index (κ3) is 47.2. The molecular formula is C45H84N8O16. The van der Waals surface area contributed by atoms with Crippen molar-refractivity contribution in [3.05, 3.63) is 0 Å². The molecule has 0 aliphatic heterocycles. The monoisotopic (exact) mass is 993 g/mol. The molecule has 10 N–H and O–H groups in total. The standard InChI is InChI=1S/C45H84N8O16/c1-36(54)34-52-38(44(46)60)8-3-5-14-48-42(58)12-18-62-22-26-66-30-32-68-28-24-64-20-16-50-40(56)10-7-11-41(57)51-17-21-65-25-29-69-33-31-67-27-23-63-19-13-43(59)49-15-6-4-9-39(45(47)61)53-35-37(2)55/h38-39,52-53H,3-35H2,1-2H3,(H2,46,60)(H2,47,61)(H,48,58)(H,49,59)(H,50,56)(H,51,57)/t38-,39-/m0/s1. The lowest BCUT2D eigenvalue weighted by Gasteiger charge is -2.14. The first-order valence-electron chi connectivity index (χ1n) is 24.0. The Bertz CT molecular complexity index is 1300. The van der Waals surface area contributed by atoms with E-state index in [4.69, 9.17) is 49.4 Å². The van der Waals surface area contributed by atoms with Crippen molar-refractivity contribution in [1.29, 1.82) is 0 Å². The van der Waals surface area contributed by atoms with E-state index in [9.17, 15) is 38.4 Å². The van der Waals surface area contributed by atoms with Crippen LogP contribution in [-0.4, -0.2) is 204 Å². The van der Waals surface area contributed by atoms with Crippen LogP contribution in [0.3, 0.4) is 0 Å². The van der Waals surface area contributed by atoms with Gasteiger partial charge < -0.3 is 70.6 Å². The molecule has 2 atom stereocenters. The van der Waals surface area contributed by atoms with Gasteiger partial charge in [-0.1, -0.05) is 0 Å². The lowest BCUT2D eigenvalue weighted by molar-refractivity contribution is -0.124. The van der Waals surface area contributed by atoms with E-state index in [2.05, 4.69) is 31.9 Å². The van der Waals surface area contributed by atoms with Crippen LogP contribution in [0.5, 0.6) is 0 Å². The Morgan fingerprint density at radius 2 is 0.623 bits per heavy atom. The van der Waals surface area contributed by atoms with Crippen molar-refractivity contribution < 1.29 is 76.3 Å². The average molecular weight is 993 g/mol. The van der Waals surface area contributed by atoms with Crippen LogP contribution in [-0.2, 0) is 76.3 Å². The molecule has 0 fully saturated rings. The predicted octanol–water partition coefficient (Wildman–Crippen LogP) is -2.06. The maximum atomic E-state index is 12.0. The lowest BCUT2D eigenvalue weighted by atomic mass is 10.1. The number of nitrogens with one attached hydrogen (secondary N) is 6. The molecule has 0 aromatic rings. The quantitative estimate of drug-likeness (QED) is 0.0304. The highest BCUT2D eigenvalue weighted by Gasteiger charge is 2.16. The molecule has 24 heteroatoms. The summed E-state index contributed by atoms with van der Waals surface area (Å²) in [6, 6.07) is -1.13. The number of hydrogen-bond donors (Lipinski definition) is 8. The molecule has 0 bridgehead atoms. The van der Waals surface area contributed by atoms with Crippen molar-refractivity contribution in [2.45, 2.75) is 96.6 Å². The molecule has 69 heavy (non-hydrogen) atoms. The van der Waals surface area contributed by atoms with E-state index < -0.39 is 23.9 Å². The SMILES string of the molecule is CC(=O)CN[C@@H](CCCCNC(=O)CCOCCOCCOCCOCCNC(=O)CCCC(=O)NCCOCCOCCOCCOCCC(=O)NCCCC[C@H](NCC(C)=O)C(N)=O)C(N)=O. The summed E-state index contributed by atoms with van der Waals surface area (Å²) in [6.07, 6.45) is 4.99. The fourth-order valence-corrected chi connectivity index (χ4v) is 5.77. The van der Waals surface area contributed by atoms with Gasteiger partial charge in [-0.3, -0.25) is 49.0 Å². The van der Waals surface area contributed by atoms with Crippen molar-refractivity contribution in [2.75, 3.05) is 145 Å². The maximum absolute atomic E-state index is 12.0. The molecule has 0 saturated carbocycles. The lowest BCUT2D eigenvalue weighted by Crippen LogP contribution is -2.43. The highest BCUT2D eigenvalue weighted by molar-refractivity contribution is 5.83. The summed E-state index contributed by atoms with van der Waals surface area (Å²) < 4.78 is 43.6. The number of carbonyl (C=O) groups excluding carboxylic acids is 8. The zero-order valence-corrected chi connectivity index (χ0v) is 41.2. The first-order valence-corrected chi connectivity index (χ1v) is 24.0. The Morgan fingerprint density at radius 1 is 0.348 bits per heavy atom. The van der Waals surface area contributed by atoms with Crippen LogP contribution in [0.2, 0.25) is 0 Å². The Kier molecular flexibility index (Phi) is 44.5. The van der Waals surface area contributed by atoms with Crippen molar-refractivity contribution in [2.24, 2.45) is 11.5 Å². The highest BCUT2D eigenvalue weighted by Crippen LogP contribution is 2.02. The number of Topliss-reactive ketones (excluding diaryl/α,β-unsaturated/α-hetero) is 2. The second-order valence-corrected chi connectivity index (χ2v) is 15.7. The normalized spacial score (nSPS) is 12.0. The van der Waals surface area contributed by atoms with Crippen molar-refractivity contribution >= 4 is 47.0 Å². The fourth-order valence-electron chi connectivity index (χ4n) is 5.77. The van der Waals surface area contributed by atoms with E-state index in [1.165, 1.54) is 13.8 Å². The second kappa shape index (κ2) is 47.4. The van der Waals surface area contributed by atoms with E-state index in [1.807, 2.05) is 0 Å². The largest absolute Gasteiger partial charge is 0.379 e. The second-order valence-electron chi connectivity index (χ2n) is 15.7. The number of ether oxygens (including phenoxy) is 8. The molecule has 0 heterocycles. The molecule has 0 aliphatic carbocycles. The Labute approximate surface area is 407 Å². The van der Waals surface area contributed by atoms with Crippen LogP contribution in [0.15, 0.2) is 0 Å². The Hall–Kier alpha value is -4.24. The summed E-state index contributed by atoms with van der Waals surface area (Å²) in [6.45, 7) is 10.3. The summed E-state index contributed by atoms with van der Waals surface area (Å²) in [5.41, 5.74) is 10.7. The minimum absolute atomic E-state index is 0.0758. The molecular weight excluding hydrogens is 909 g/mol. The van der Waals surface area contributed by atoms with Crippen LogP contribution >= 0.6 is 0 Å². The zero-order valence-electron chi connectivity index (χ0n) is 41.2. The van der Waals surface area contributed by atoms with Gasteiger partial charge >= 0.3 is 0 Å². The summed E-state index contributed by atoms with van der Waals surface area (Å²) in [4.78, 5) is 93.0. The molecule has 0 saturated heterocycles. The summed E-state index contributed by atoms with van der Waals surface area (Å²) in [5.74, 6) is -1.74. The van der Waals surface area contributed by atoms with Gasteiger partial charge in [-0.2, -0.15) is 0 Å². The van der Waals surface area contributed by atoms with Gasteiger partial charge in [0, 0.05) is 51.9 Å². The number of carbonyl (C=O) groups is 8. The summed E-state index contributed by atoms with van der Waals surface area (Å²) >= 11 is 0. The molecule has 0 unspecified atom stereocenters. The molecule has 0 spiro atoms. The molecule has 24 nitrogen and oxygen atoms in total. The number of rotatable bonds is 52. The van der Waals surface area contributed by atoms with Gasteiger partial charge in [0.15, 0.2) is 0 Å². The van der Waals surface area contributed by atoms with Crippen LogP contribution in [0.1, 0.15) is 84.5 Å². The number of ketones is 2. The third-order valence-corrected chi connectivity index (χ3v) is 9.49. The Morgan fingerprint density at radius 3 is 0.928 bits per heavy atom. The molecule has 0 aromatic carbocycles. The minimum Gasteiger partial charge on any atom is -0.379 e. The predicted molar refractivity (Wildman–Crippen MR) is 253 cm³/mol. The zero-order chi connectivity index (χ0) is 51.0. The number of hydrogen-bond acceptors (Lipinski definition) is 18. The van der Waals surface area contributed by atoms with Crippen LogP contribution < -0.4 is 43.4 Å². The van der Waals surface area contributed by atoms with Crippen LogP contribution in [0.25, 0.3) is 0 Å². The van der Waals surface area contributed by atoms with E-state index in [0.717, 1.165) is 0 Å². The van der Waals surface area contributed by atoms with Gasteiger partial charge in [0.1, 0.15) is 11.6 Å². The van der Waals surface area contributed by atoms with Crippen molar-refractivity contribution in [3.8, 4) is 0 Å². The molecule has 0 radical (unpaired) electrons. The topological polar surface area (TPSA) is 335 Å². The summed E-state index contributed by atoms with van der Waals surface area (Å²) in [5, 5.41) is 16.8. The summed E-state index contributed by atoms with van der Waals surface area (Å²) in [7, 11) is 0. The van der Waals surface area contributed by atoms with Gasteiger partial charge in [0.05, 0.1) is 131 Å². The number of unbranched alkanes of at least 4 members (excludes halogenated alkanes) is 2. The minimum atomic E-state index is -0.566. The number of amides is 6. The Balaban J connectivity index is 3.43. The van der Waals surface area contributed by atoms with Crippen LogP contribution in [0, 0.1) is 0 Å². The molecule has 0 rings (SSSR count). The number of primary amides is 2. The van der Waals surface area contributed by atoms with Crippen molar-refractivity contribution in [3.63, 3.8) is 0 Å².